The topological polar surface area (TPSA) is 60.9 Å². The van der Waals surface area contributed by atoms with Gasteiger partial charge in [-0.15, -0.1) is 0 Å². The summed E-state index contributed by atoms with van der Waals surface area (Å²) < 4.78 is 0. The largest absolute Gasteiger partial charge is 0.342 e. The third kappa shape index (κ3) is 3.60. The number of anilines is 1. The van der Waals surface area contributed by atoms with E-state index in [4.69, 9.17) is 11.6 Å². The van der Waals surface area contributed by atoms with Gasteiger partial charge >= 0.3 is 0 Å². The van der Waals surface area contributed by atoms with Crippen molar-refractivity contribution < 1.29 is 14.4 Å². The summed E-state index contributed by atoms with van der Waals surface area (Å²) in [6, 6.07) is 6.39. The highest BCUT2D eigenvalue weighted by Crippen LogP contribution is 2.30. The number of hydrogen-bond donors (Lipinski definition) is 0. The normalized spacial score (nSPS) is 24.9. The highest BCUT2D eigenvalue weighted by molar-refractivity contribution is 6.31. The molecule has 3 fully saturated rings. The van der Waals surface area contributed by atoms with E-state index >= 15 is 0 Å². The van der Waals surface area contributed by atoms with E-state index in [-0.39, 0.29) is 30.1 Å². The monoisotopic (exact) mass is 389 g/mol. The van der Waals surface area contributed by atoms with Crippen LogP contribution in [0.3, 0.4) is 0 Å². The van der Waals surface area contributed by atoms with Crippen LogP contribution in [0.5, 0.6) is 0 Å². The van der Waals surface area contributed by atoms with Crippen molar-refractivity contribution in [3.63, 3.8) is 0 Å². The second kappa shape index (κ2) is 7.60. The Bertz CT molecular complexity index is 755. The van der Waals surface area contributed by atoms with Gasteiger partial charge < -0.3 is 4.90 Å². The Morgan fingerprint density at radius 2 is 1.74 bits per heavy atom. The van der Waals surface area contributed by atoms with Crippen molar-refractivity contribution in [3.05, 3.63) is 29.3 Å². The molecule has 0 radical (unpaired) electrons. The average Bonchev–Trinajstić information content (AvgIpc) is 3.30. The number of rotatable bonds is 3. The Hall–Kier alpha value is -1.92. The van der Waals surface area contributed by atoms with Gasteiger partial charge in [0.15, 0.2) is 0 Å². The lowest BCUT2D eigenvalue weighted by atomic mass is 9.94. The molecule has 0 aliphatic carbocycles. The van der Waals surface area contributed by atoms with Gasteiger partial charge in [-0.05, 0) is 57.0 Å². The molecule has 6 nitrogen and oxygen atoms in total. The van der Waals surface area contributed by atoms with Crippen LogP contribution in [0.2, 0.25) is 5.02 Å². The molecule has 3 aliphatic rings. The van der Waals surface area contributed by atoms with Crippen LogP contribution in [0.15, 0.2) is 24.3 Å². The summed E-state index contributed by atoms with van der Waals surface area (Å²) in [7, 11) is 0. The van der Waals surface area contributed by atoms with Crippen LogP contribution < -0.4 is 4.90 Å². The highest BCUT2D eigenvalue weighted by atomic mass is 35.5. The molecule has 0 aromatic heterocycles. The molecule has 1 aromatic carbocycles. The minimum absolute atomic E-state index is 0.0515. The third-order valence-electron chi connectivity index (χ3n) is 5.93. The van der Waals surface area contributed by atoms with E-state index in [1.54, 1.807) is 24.3 Å². The Labute approximate surface area is 164 Å². The van der Waals surface area contributed by atoms with Crippen molar-refractivity contribution in [1.82, 2.24) is 9.80 Å². The molecular formula is C20H24ClN3O3. The number of benzene rings is 1. The standard InChI is InChI=1S/C20H24ClN3O3/c21-15-4-3-5-16(12-15)24-18(25)13-17(20(24)27)22-10-6-14(7-11-22)19(26)23-8-1-2-9-23/h3-5,12,14,17H,1-2,6-11,13H2/t17-/m0/s1. The first-order chi connectivity index (χ1) is 13.0. The number of piperidine rings is 1. The smallest absolute Gasteiger partial charge is 0.251 e. The molecule has 3 aliphatic heterocycles. The molecule has 0 bridgehead atoms. The van der Waals surface area contributed by atoms with E-state index in [0.29, 0.717) is 23.8 Å². The lowest BCUT2D eigenvalue weighted by Crippen LogP contribution is -2.48. The number of amides is 3. The zero-order valence-corrected chi connectivity index (χ0v) is 16.0. The SMILES string of the molecule is O=C(C1CCN([C@H]2CC(=O)N(c3cccc(Cl)c3)C2=O)CC1)N1CCCC1. The number of carbonyl (C=O) groups is 3. The van der Waals surface area contributed by atoms with Gasteiger partial charge in [-0.2, -0.15) is 0 Å². The van der Waals surface area contributed by atoms with Gasteiger partial charge in [-0.1, -0.05) is 17.7 Å². The summed E-state index contributed by atoms with van der Waals surface area (Å²) in [5.41, 5.74) is 0.527. The summed E-state index contributed by atoms with van der Waals surface area (Å²) in [5.74, 6) is -0.0637. The maximum absolute atomic E-state index is 12.9. The molecule has 1 atom stereocenters. The van der Waals surface area contributed by atoms with Crippen molar-refractivity contribution >= 4 is 35.0 Å². The number of carbonyl (C=O) groups excluding carboxylic acids is 3. The van der Waals surface area contributed by atoms with E-state index in [1.165, 1.54) is 4.90 Å². The Kier molecular flexibility index (Phi) is 5.19. The van der Waals surface area contributed by atoms with E-state index < -0.39 is 6.04 Å². The van der Waals surface area contributed by atoms with Gasteiger partial charge in [0, 0.05) is 24.0 Å². The van der Waals surface area contributed by atoms with Gasteiger partial charge in [0.1, 0.15) is 0 Å². The van der Waals surface area contributed by atoms with Gasteiger partial charge in [0.05, 0.1) is 18.2 Å². The number of likely N-dealkylation sites (tertiary alicyclic amines) is 2. The summed E-state index contributed by atoms with van der Waals surface area (Å²) in [6.45, 7) is 3.11. The maximum Gasteiger partial charge on any atom is 0.251 e. The van der Waals surface area contributed by atoms with Crippen molar-refractivity contribution in [1.29, 1.82) is 0 Å². The maximum atomic E-state index is 12.9. The molecule has 3 saturated heterocycles. The Morgan fingerprint density at radius 1 is 1.04 bits per heavy atom. The summed E-state index contributed by atoms with van der Waals surface area (Å²) in [6.07, 6.45) is 3.90. The second-order valence-electron chi connectivity index (χ2n) is 7.61. The van der Waals surface area contributed by atoms with E-state index in [1.807, 2.05) is 4.90 Å². The first-order valence-corrected chi connectivity index (χ1v) is 10.1. The Balaban J connectivity index is 1.39. The van der Waals surface area contributed by atoms with Crippen LogP contribution in [-0.4, -0.2) is 59.7 Å². The number of nitrogens with zero attached hydrogens (tertiary/aromatic N) is 3. The zero-order valence-electron chi connectivity index (χ0n) is 15.3. The van der Waals surface area contributed by atoms with Gasteiger partial charge in [-0.3, -0.25) is 19.3 Å². The van der Waals surface area contributed by atoms with Crippen LogP contribution in [0.25, 0.3) is 0 Å². The predicted molar refractivity (Wildman–Crippen MR) is 102 cm³/mol. The first kappa shape index (κ1) is 18.4. The van der Waals surface area contributed by atoms with Crippen LogP contribution in [0.4, 0.5) is 5.69 Å². The van der Waals surface area contributed by atoms with Crippen LogP contribution >= 0.6 is 11.6 Å². The highest BCUT2D eigenvalue weighted by Gasteiger charge is 2.44. The molecule has 27 heavy (non-hydrogen) atoms. The van der Waals surface area contributed by atoms with Crippen molar-refractivity contribution in [2.75, 3.05) is 31.1 Å². The second-order valence-corrected chi connectivity index (χ2v) is 8.05. The average molecular weight is 390 g/mol. The van der Waals surface area contributed by atoms with E-state index in [0.717, 1.165) is 38.8 Å². The summed E-state index contributed by atoms with van der Waals surface area (Å²) >= 11 is 6.01. The molecule has 3 amide bonds. The summed E-state index contributed by atoms with van der Waals surface area (Å²) in [4.78, 5) is 43.2. The van der Waals surface area contributed by atoms with Gasteiger partial charge in [-0.25, -0.2) is 4.90 Å². The van der Waals surface area contributed by atoms with E-state index in [9.17, 15) is 14.4 Å². The van der Waals surface area contributed by atoms with Gasteiger partial charge in [0.25, 0.3) is 5.91 Å². The summed E-state index contributed by atoms with van der Waals surface area (Å²) in [5, 5.41) is 0.498. The molecule has 4 rings (SSSR count). The Morgan fingerprint density at radius 3 is 2.41 bits per heavy atom. The molecule has 0 unspecified atom stereocenters. The zero-order chi connectivity index (χ0) is 19.0. The molecule has 0 spiro atoms. The number of halogens is 1. The molecule has 144 valence electrons. The van der Waals surface area contributed by atoms with Crippen LogP contribution in [-0.2, 0) is 14.4 Å². The number of hydrogen-bond acceptors (Lipinski definition) is 4. The number of imide groups is 1. The van der Waals surface area contributed by atoms with Crippen LogP contribution in [0.1, 0.15) is 32.1 Å². The first-order valence-electron chi connectivity index (χ1n) is 9.70. The fraction of sp³-hybridized carbons (Fsp3) is 0.550. The quantitative estimate of drug-likeness (QED) is 0.744. The lowest BCUT2D eigenvalue weighted by Gasteiger charge is -2.35. The molecule has 0 saturated carbocycles. The predicted octanol–water partition coefficient (Wildman–Crippen LogP) is 2.31. The minimum Gasteiger partial charge on any atom is -0.342 e. The molecule has 0 N–H and O–H groups in total. The fourth-order valence-corrected chi connectivity index (χ4v) is 4.63. The molecular weight excluding hydrogens is 366 g/mol. The van der Waals surface area contributed by atoms with Crippen molar-refractivity contribution in [3.8, 4) is 0 Å². The van der Waals surface area contributed by atoms with E-state index in [2.05, 4.69) is 4.90 Å². The molecule has 3 heterocycles. The third-order valence-corrected chi connectivity index (χ3v) is 6.16. The van der Waals surface area contributed by atoms with Crippen molar-refractivity contribution in [2.24, 2.45) is 5.92 Å². The fourth-order valence-electron chi connectivity index (χ4n) is 4.44. The molecule has 7 heteroatoms. The minimum atomic E-state index is -0.431. The van der Waals surface area contributed by atoms with Crippen LogP contribution in [0, 0.1) is 5.92 Å². The van der Waals surface area contributed by atoms with Crippen molar-refractivity contribution in [2.45, 2.75) is 38.1 Å². The molecule has 1 aromatic rings. The lowest BCUT2D eigenvalue weighted by molar-refractivity contribution is -0.136. The van der Waals surface area contributed by atoms with Gasteiger partial charge in [0.2, 0.25) is 11.8 Å².